The molecule has 0 aromatic carbocycles. The van der Waals surface area contributed by atoms with Gasteiger partial charge in [-0.3, -0.25) is 0 Å². The highest BCUT2D eigenvalue weighted by molar-refractivity contribution is 5.26. The van der Waals surface area contributed by atoms with Crippen LogP contribution in [0.1, 0.15) is 110 Å². The first-order valence-corrected chi connectivity index (χ1v) is 12.0. The first kappa shape index (κ1) is 22.2. The quantitative estimate of drug-likeness (QED) is 0.317. The van der Waals surface area contributed by atoms with Crippen LogP contribution in [0.25, 0.3) is 0 Å². The van der Waals surface area contributed by atoms with Gasteiger partial charge in [0.25, 0.3) is 0 Å². The smallest absolute Gasteiger partial charge is 0.0206 e. The molecule has 2 rings (SSSR count). The van der Waals surface area contributed by atoms with Crippen molar-refractivity contribution in [2.24, 2.45) is 23.7 Å². The van der Waals surface area contributed by atoms with Crippen LogP contribution in [-0.4, -0.2) is 0 Å². The summed E-state index contributed by atoms with van der Waals surface area (Å²) in [6, 6.07) is 0. The Morgan fingerprint density at radius 3 is 1.67 bits per heavy atom. The van der Waals surface area contributed by atoms with E-state index in [1.54, 1.807) is 0 Å². The van der Waals surface area contributed by atoms with Crippen molar-refractivity contribution in [3.63, 3.8) is 0 Å². The van der Waals surface area contributed by atoms with Gasteiger partial charge >= 0.3 is 0 Å². The standard InChI is InChI=1S/C27H42/c1-3-5-6-7-10-13-26-20-22-27(23-21-26)15-12-9-8-11-14-25-18-16-24(4-2)17-19-25/h8-9,24-27H,3-7,10,13,16-23H2,1-2H3/b9-8+/t24-,25-,26-,27-. The molecule has 0 nitrogen and oxygen atoms in total. The van der Waals surface area contributed by atoms with Crippen LogP contribution in [0.5, 0.6) is 0 Å². The lowest BCUT2D eigenvalue weighted by Crippen LogP contribution is -2.13. The van der Waals surface area contributed by atoms with E-state index in [9.17, 15) is 0 Å². The zero-order valence-corrected chi connectivity index (χ0v) is 18.1. The molecular weight excluding hydrogens is 324 g/mol. The SMILES string of the molecule is CCCCCCC[C@H]1CC[C@H](C#C/C=C/C#C[C@H]2CC[C@H](CC)CC2)CC1. The van der Waals surface area contributed by atoms with Crippen molar-refractivity contribution in [3.05, 3.63) is 12.2 Å². The van der Waals surface area contributed by atoms with Crippen LogP contribution in [0.3, 0.4) is 0 Å². The third-order valence-electron chi connectivity index (χ3n) is 6.81. The predicted molar refractivity (Wildman–Crippen MR) is 119 cm³/mol. The molecule has 0 radical (unpaired) electrons. The molecule has 0 amide bonds. The Bertz CT molecular complexity index is 516. The minimum atomic E-state index is 0.627. The van der Waals surface area contributed by atoms with Crippen LogP contribution in [0.2, 0.25) is 0 Å². The molecule has 0 spiro atoms. The van der Waals surface area contributed by atoms with Gasteiger partial charge in [-0.2, -0.15) is 0 Å². The number of hydrogen-bond acceptors (Lipinski definition) is 0. The zero-order valence-electron chi connectivity index (χ0n) is 18.1. The first-order chi connectivity index (χ1) is 13.3. The van der Waals surface area contributed by atoms with Crippen molar-refractivity contribution in [1.82, 2.24) is 0 Å². The molecule has 0 saturated heterocycles. The fourth-order valence-corrected chi connectivity index (χ4v) is 4.76. The lowest BCUT2D eigenvalue weighted by atomic mass is 9.80. The first-order valence-electron chi connectivity index (χ1n) is 12.0. The molecule has 0 heteroatoms. The second-order valence-electron chi connectivity index (χ2n) is 8.96. The van der Waals surface area contributed by atoms with E-state index >= 15 is 0 Å². The summed E-state index contributed by atoms with van der Waals surface area (Å²) >= 11 is 0. The molecule has 0 atom stereocenters. The molecule has 2 aliphatic carbocycles. The lowest BCUT2D eigenvalue weighted by molar-refractivity contribution is 0.294. The van der Waals surface area contributed by atoms with E-state index in [1.807, 2.05) is 12.2 Å². The minimum absolute atomic E-state index is 0.627. The van der Waals surface area contributed by atoms with Crippen molar-refractivity contribution in [3.8, 4) is 23.7 Å². The second kappa shape index (κ2) is 13.9. The Morgan fingerprint density at radius 2 is 1.15 bits per heavy atom. The Hall–Kier alpha value is -1.14. The number of hydrogen-bond donors (Lipinski definition) is 0. The van der Waals surface area contributed by atoms with Gasteiger partial charge in [-0.05, 0) is 75.4 Å². The van der Waals surface area contributed by atoms with Gasteiger partial charge in [-0.1, -0.05) is 82.5 Å². The molecule has 150 valence electrons. The van der Waals surface area contributed by atoms with Gasteiger partial charge in [0.2, 0.25) is 0 Å². The molecule has 2 saturated carbocycles. The van der Waals surface area contributed by atoms with Gasteiger partial charge < -0.3 is 0 Å². The van der Waals surface area contributed by atoms with Crippen molar-refractivity contribution < 1.29 is 0 Å². The summed E-state index contributed by atoms with van der Waals surface area (Å²) in [5.74, 6) is 16.6. The van der Waals surface area contributed by atoms with Crippen LogP contribution in [0.4, 0.5) is 0 Å². The summed E-state index contributed by atoms with van der Waals surface area (Å²) in [6.45, 7) is 4.61. The van der Waals surface area contributed by atoms with Crippen LogP contribution < -0.4 is 0 Å². The van der Waals surface area contributed by atoms with Crippen LogP contribution in [0.15, 0.2) is 12.2 Å². The highest BCUT2D eigenvalue weighted by Crippen LogP contribution is 2.32. The van der Waals surface area contributed by atoms with Gasteiger partial charge in [-0.15, -0.1) is 0 Å². The molecule has 2 fully saturated rings. The van der Waals surface area contributed by atoms with Gasteiger partial charge in [0, 0.05) is 11.8 Å². The fraction of sp³-hybridized carbons (Fsp3) is 0.778. The molecule has 0 heterocycles. The van der Waals surface area contributed by atoms with Crippen molar-refractivity contribution in [1.29, 1.82) is 0 Å². The normalized spacial score (nSPS) is 28.2. The zero-order chi connectivity index (χ0) is 19.2. The van der Waals surface area contributed by atoms with E-state index in [0.717, 1.165) is 11.8 Å². The lowest BCUT2D eigenvalue weighted by Gasteiger charge is -2.25. The molecule has 0 aromatic heterocycles. The van der Waals surface area contributed by atoms with E-state index in [0.29, 0.717) is 11.8 Å². The monoisotopic (exact) mass is 366 g/mol. The molecular formula is C27H42. The molecule has 0 aromatic rings. The van der Waals surface area contributed by atoms with Gasteiger partial charge in [-0.25, -0.2) is 0 Å². The third-order valence-corrected chi connectivity index (χ3v) is 6.81. The number of unbranched alkanes of at least 4 members (excludes halogenated alkanes) is 4. The van der Waals surface area contributed by atoms with Crippen molar-refractivity contribution in [2.75, 3.05) is 0 Å². The Kier molecular flexibility index (Phi) is 11.4. The van der Waals surface area contributed by atoms with Crippen LogP contribution >= 0.6 is 0 Å². The van der Waals surface area contributed by atoms with E-state index < -0.39 is 0 Å². The number of allylic oxidation sites excluding steroid dienone is 2. The summed E-state index contributed by atoms with van der Waals surface area (Å²) in [7, 11) is 0. The molecule has 0 bridgehead atoms. The largest absolute Gasteiger partial charge is 0.0951 e. The summed E-state index contributed by atoms with van der Waals surface area (Å²) in [6.07, 6.45) is 24.6. The van der Waals surface area contributed by atoms with E-state index in [2.05, 4.69) is 37.5 Å². The third kappa shape index (κ3) is 9.56. The number of rotatable bonds is 7. The average Bonchev–Trinajstić information content (AvgIpc) is 2.72. The molecule has 0 unspecified atom stereocenters. The topological polar surface area (TPSA) is 0 Å². The average molecular weight is 367 g/mol. The van der Waals surface area contributed by atoms with Gasteiger partial charge in [0.05, 0.1) is 0 Å². The van der Waals surface area contributed by atoms with Crippen LogP contribution in [-0.2, 0) is 0 Å². The minimum Gasteiger partial charge on any atom is -0.0951 e. The van der Waals surface area contributed by atoms with Crippen molar-refractivity contribution >= 4 is 0 Å². The summed E-state index contributed by atoms with van der Waals surface area (Å²) < 4.78 is 0. The van der Waals surface area contributed by atoms with Crippen LogP contribution in [0, 0.1) is 47.4 Å². The van der Waals surface area contributed by atoms with Gasteiger partial charge in [0.15, 0.2) is 0 Å². The highest BCUT2D eigenvalue weighted by Gasteiger charge is 2.19. The fourth-order valence-electron chi connectivity index (χ4n) is 4.76. The maximum atomic E-state index is 3.47. The molecule has 27 heavy (non-hydrogen) atoms. The second-order valence-corrected chi connectivity index (χ2v) is 8.96. The van der Waals surface area contributed by atoms with E-state index in [1.165, 1.54) is 96.3 Å². The van der Waals surface area contributed by atoms with E-state index in [4.69, 9.17) is 0 Å². The molecule has 2 aliphatic rings. The maximum Gasteiger partial charge on any atom is 0.0206 e. The summed E-state index contributed by atoms with van der Waals surface area (Å²) in [5, 5.41) is 0. The highest BCUT2D eigenvalue weighted by atomic mass is 14.2. The molecule has 0 aliphatic heterocycles. The van der Waals surface area contributed by atoms with E-state index in [-0.39, 0.29) is 0 Å². The Balaban J connectivity index is 1.57. The Morgan fingerprint density at radius 1 is 0.630 bits per heavy atom. The molecule has 0 N–H and O–H groups in total. The predicted octanol–water partition coefficient (Wildman–Crippen LogP) is 7.93. The summed E-state index contributed by atoms with van der Waals surface area (Å²) in [4.78, 5) is 0. The maximum absolute atomic E-state index is 3.47. The summed E-state index contributed by atoms with van der Waals surface area (Å²) in [5.41, 5.74) is 0. The Labute approximate surface area is 170 Å². The van der Waals surface area contributed by atoms with Crippen molar-refractivity contribution in [2.45, 2.75) is 110 Å². The van der Waals surface area contributed by atoms with Gasteiger partial charge in [0.1, 0.15) is 0 Å².